The standard InChI is InChI=1S/C25H29F3N6O2/c1-14-7-18(15-8-16(10-29-9-15)31-22(36)23(2,3)4)32-20-19(14)21(35)34(24(20,5)6)17-11-30-33(12-17)13-25(26,27)28/h7-12,22,31,36H,13H2,1-6H3. The molecule has 0 saturated carbocycles. The summed E-state index contributed by atoms with van der Waals surface area (Å²) < 4.78 is 39.2. The van der Waals surface area contributed by atoms with E-state index in [0.717, 1.165) is 4.68 Å². The zero-order valence-electron chi connectivity index (χ0n) is 21.0. The van der Waals surface area contributed by atoms with Gasteiger partial charge in [-0.1, -0.05) is 20.8 Å². The molecule has 0 saturated heterocycles. The molecule has 0 bridgehead atoms. The number of hydrogen-bond acceptors (Lipinski definition) is 6. The quantitative estimate of drug-likeness (QED) is 0.483. The second kappa shape index (κ2) is 8.58. The van der Waals surface area contributed by atoms with Crippen LogP contribution in [-0.2, 0) is 12.1 Å². The highest BCUT2D eigenvalue weighted by atomic mass is 19.4. The maximum Gasteiger partial charge on any atom is 0.408 e. The van der Waals surface area contributed by atoms with Crippen molar-refractivity contribution in [1.29, 1.82) is 0 Å². The number of carbonyl (C=O) groups excluding carboxylic acids is 1. The van der Waals surface area contributed by atoms with Crippen LogP contribution in [0.25, 0.3) is 11.3 Å². The lowest BCUT2D eigenvalue weighted by Gasteiger charge is -2.30. The summed E-state index contributed by atoms with van der Waals surface area (Å²) in [5.74, 6) is -0.347. The van der Waals surface area contributed by atoms with E-state index in [1.807, 2.05) is 26.8 Å². The van der Waals surface area contributed by atoms with Crippen LogP contribution in [0.5, 0.6) is 0 Å². The van der Waals surface area contributed by atoms with Crippen molar-refractivity contribution in [1.82, 2.24) is 19.7 Å². The van der Waals surface area contributed by atoms with Crippen LogP contribution in [0.1, 0.15) is 56.2 Å². The second-order valence-electron chi connectivity index (χ2n) is 10.6. The van der Waals surface area contributed by atoms with E-state index in [0.29, 0.717) is 33.8 Å². The van der Waals surface area contributed by atoms with E-state index in [1.165, 1.54) is 17.3 Å². The molecule has 0 aliphatic carbocycles. The first-order valence-corrected chi connectivity index (χ1v) is 11.4. The molecule has 36 heavy (non-hydrogen) atoms. The van der Waals surface area contributed by atoms with Gasteiger partial charge in [0.15, 0.2) is 0 Å². The zero-order chi connectivity index (χ0) is 26.6. The third-order valence-electron chi connectivity index (χ3n) is 6.15. The summed E-state index contributed by atoms with van der Waals surface area (Å²) in [6.45, 7) is 9.87. The molecule has 192 valence electrons. The number of hydrogen-bond donors (Lipinski definition) is 2. The smallest absolute Gasteiger partial charge is 0.373 e. The van der Waals surface area contributed by atoms with Crippen molar-refractivity contribution in [3.8, 4) is 11.3 Å². The summed E-state index contributed by atoms with van der Waals surface area (Å²) in [7, 11) is 0. The number of aliphatic hydroxyl groups excluding tert-OH is 1. The Hall–Kier alpha value is -3.47. The molecule has 3 aromatic rings. The Kier molecular flexibility index (Phi) is 6.10. The molecule has 0 aromatic carbocycles. The van der Waals surface area contributed by atoms with Crippen LogP contribution in [0.3, 0.4) is 0 Å². The Morgan fingerprint density at radius 1 is 1.14 bits per heavy atom. The first-order chi connectivity index (χ1) is 16.6. The fourth-order valence-electron chi connectivity index (χ4n) is 4.22. The number of aliphatic hydroxyl groups is 1. The normalized spacial score (nSPS) is 16.3. The van der Waals surface area contributed by atoms with E-state index in [2.05, 4.69) is 15.4 Å². The predicted molar refractivity (Wildman–Crippen MR) is 129 cm³/mol. The molecule has 0 radical (unpaired) electrons. The minimum absolute atomic E-state index is 0.261. The number of pyridine rings is 2. The second-order valence-corrected chi connectivity index (χ2v) is 10.6. The fourth-order valence-corrected chi connectivity index (χ4v) is 4.22. The lowest BCUT2D eigenvalue weighted by Crippen LogP contribution is -2.39. The van der Waals surface area contributed by atoms with Gasteiger partial charge in [-0.05, 0) is 38.5 Å². The monoisotopic (exact) mass is 502 g/mol. The summed E-state index contributed by atoms with van der Waals surface area (Å²) in [4.78, 5) is 23.9. The largest absolute Gasteiger partial charge is 0.408 e. The molecular formula is C25H29F3N6O2. The molecule has 1 aliphatic rings. The van der Waals surface area contributed by atoms with Crippen LogP contribution in [0, 0.1) is 12.3 Å². The summed E-state index contributed by atoms with van der Waals surface area (Å²) in [5.41, 5.74) is 2.43. The molecule has 1 atom stereocenters. The van der Waals surface area contributed by atoms with Crippen molar-refractivity contribution in [3.63, 3.8) is 0 Å². The predicted octanol–water partition coefficient (Wildman–Crippen LogP) is 4.88. The van der Waals surface area contributed by atoms with Crippen LogP contribution in [0.15, 0.2) is 36.9 Å². The molecule has 1 unspecified atom stereocenters. The van der Waals surface area contributed by atoms with Crippen molar-refractivity contribution in [2.75, 3.05) is 10.2 Å². The molecule has 3 aromatic heterocycles. The van der Waals surface area contributed by atoms with Gasteiger partial charge in [-0.2, -0.15) is 18.3 Å². The zero-order valence-corrected chi connectivity index (χ0v) is 21.0. The van der Waals surface area contributed by atoms with E-state index in [-0.39, 0.29) is 17.0 Å². The van der Waals surface area contributed by atoms with Gasteiger partial charge in [-0.25, -0.2) is 4.98 Å². The van der Waals surface area contributed by atoms with Crippen LogP contribution in [-0.4, -0.2) is 43.2 Å². The van der Waals surface area contributed by atoms with Crippen molar-refractivity contribution in [2.45, 2.75) is 66.0 Å². The number of aromatic nitrogens is 4. The van der Waals surface area contributed by atoms with Gasteiger partial charge in [0, 0.05) is 23.4 Å². The molecule has 1 aliphatic heterocycles. The SMILES string of the molecule is Cc1cc(-c2cncc(NC(O)C(C)(C)C)c2)nc2c1C(=O)N(c1cnn(CC(F)(F)F)c1)C2(C)C. The van der Waals surface area contributed by atoms with E-state index in [4.69, 9.17) is 4.98 Å². The molecule has 4 rings (SSSR count). The maximum atomic E-state index is 13.4. The summed E-state index contributed by atoms with van der Waals surface area (Å²) >= 11 is 0. The number of halogens is 3. The lowest BCUT2D eigenvalue weighted by molar-refractivity contribution is -0.142. The molecule has 4 heterocycles. The topological polar surface area (TPSA) is 96.2 Å². The molecule has 0 spiro atoms. The van der Waals surface area contributed by atoms with E-state index >= 15 is 0 Å². The third-order valence-corrected chi connectivity index (χ3v) is 6.15. The number of carbonyl (C=O) groups is 1. The van der Waals surface area contributed by atoms with Crippen LogP contribution in [0.2, 0.25) is 0 Å². The van der Waals surface area contributed by atoms with Crippen LogP contribution >= 0.6 is 0 Å². The highest BCUT2D eigenvalue weighted by molar-refractivity contribution is 6.12. The third kappa shape index (κ3) is 4.79. The van der Waals surface area contributed by atoms with E-state index in [1.54, 1.807) is 39.2 Å². The Labute approximate surface area is 207 Å². The number of nitrogens with one attached hydrogen (secondary N) is 1. The molecule has 2 N–H and O–H groups in total. The highest BCUT2D eigenvalue weighted by Crippen LogP contribution is 2.43. The number of aryl methyl sites for hydroxylation is 1. The van der Waals surface area contributed by atoms with Gasteiger partial charge in [-0.3, -0.25) is 19.4 Å². The van der Waals surface area contributed by atoms with Crippen molar-refractivity contribution in [2.24, 2.45) is 5.41 Å². The van der Waals surface area contributed by atoms with Crippen molar-refractivity contribution >= 4 is 17.3 Å². The Morgan fingerprint density at radius 2 is 1.83 bits per heavy atom. The Bertz CT molecular complexity index is 1310. The molecule has 0 fully saturated rings. The number of alkyl halides is 3. The number of nitrogens with zero attached hydrogens (tertiary/aromatic N) is 5. The average molecular weight is 503 g/mol. The van der Waals surface area contributed by atoms with Crippen LogP contribution < -0.4 is 10.2 Å². The fraction of sp³-hybridized carbons (Fsp3) is 0.440. The molecule has 8 nitrogen and oxygen atoms in total. The Morgan fingerprint density at radius 3 is 2.47 bits per heavy atom. The summed E-state index contributed by atoms with van der Waals surface area (Å²) in [6, 6.07) is 3.60. The minimum Gasteiger partial charge on any atom is -0.373 e. The number of amides is 1. The van der Waals surface area contributed by atoms with E-state index in [9.17, 15) is 23.1 Å². The lowest BCUT2D eigenvalue weighted by atomic mass is 9.94. The molecular weight excluding hydrogens is 473 g/mol. The molecule has 1 amide bonds. The first-order valence-electron chi connectivity index (χ1n) is 11.4. The van der Waals surface area contributed by atoms with Gasteiger partial charge in [-0.15, -0.1) is 0 Å². The van der Waals surface area contributed by atoms with E-state index < -0.39 is 24.5 Å². The number of rotatable bonds is 5. The Balaban J connectivity index is 1.70. The van der Waals surface area contributed by atoms with Gasteiger partial charge < -0.3 is 10.4 Å². The van der Waals surface area contributed by atoms with Crippen molar-refractivity contribution < 1.29 is 23.1 Å². The summed E-state index contributed by atoms with van der Waals surface area (Å²) in [6.07, 6.45) is 0.497. The average Bonchev–Trinajstić information content (AvgIpc) is 3.25. The molecule has 11 heteroatoms. The summed E-state index contributed by atoms with van der Waals surface area (Å²) in [5, 5.41) is 17.2. The maximum absolute atomic E-state index is 13.4. The van der Waals surface area contributed by atoms with Gasteiger partial charge in [0.1, 0.15) is 12.8 Å². The highest BCUT2D eigenvalue weighted by Gasteiger charge is 2.47. The minimum atomic E-state index is -4.43. The van der Waals surface area contributed by atoms with Crippen molar-refractivity contribution in [3.05, 3.63) is 53.7 Å². The van der Waals surface area contributed by atoms with Gasteiger partial charge in [0.2, 0.25) is 0 Å². The number of anilines is 2. The van der Waals surface area contributed by atoms with Gasteiger partial charge in [0.25, 0.3) is 5.91 Å². The first kappa shape index (κ1) is 25.6. The van der Waals surface area contributed by atoms with Gasteiger partial charge >= 0.3 is 6.18 Å². The van der Waals surface area contributed by atoms with Crippen LogP contribution in [0.4, 0.5) is 24.5 Å². The number of fused-ring (bicyclic) bond motifs is 1. The van der Waals surface area contributed by atoms with Gasteiger partial charge in [0.05, 0.1) is 46.3 Å².